The van der Waals surface area contributed by atoms with Gasteiger partial charge >= 0.3 is 0 Å². The molecule has 0 radical (unpaired) electrons. The molecule has 0 saturated heterocycles. The van der Waals surface area contributed by atoms with Crippen LogP contribution in [0.25, 0.3) is 10.6 Å². The smallest absolute Gasteiger partial charge is 0.271 e. The number of hydrogen-bond donors (Lipinski definition) is 2. The van der Waals surface area contributed by atoms with Crippen LogP contribution in [0.4, 0.5) is 0 Å². The first kappa shape index (κ1) is 15.9. The highest BCUT2D eigenvalue weighted by Gasteiger charge is 2.11. The van der Waals surface area contributed by atoms with Gasteiger partial charge in [0.05, 0.1) is 0 Å². The van der Waals surface area contributed by atoms with Gasteiger partial charge in [0.1, 0.15) is 10.7 Å². The number of carbonyl (C=O) groups is 2. The van der Waals surface area contributed by atoms with E-state index in [4.69, 9.17) is 5.73 Å². The molecule has 120 valence electrons. The van der Waals surface area contributed by atoms with E-state index in [2.05, 4.69) is 10.3 Å². The maximum absolute atomic E-state index is 12.2. The minimum atomic E-state index is -0.471. The van der Waals surface area contributed by atoms with Gasteiger partial charge in [-0.3, -0.25) is 9.59 Å². The van der Waals surface area contributed by atoms with E-state index in [1.165, 1.54) is 11.3 Å². The SMILES string of the molecule is NC(=O)c1ccc(CNC(=O)c2csc(-c3ccccc3)n2)cc1. The molecular weight excluding hydrogens is 322 g/mol. The van der Waals surface area contributed by atoms with E-state index in [0.29, 0.717) is 17.8 Å². The van der Waals surface area contributed by atoms with Crippen LogP contribution in [0.15, 0.2) is 60.0 Å². The molecule has 1 aromatic heterocycles. The summed E-state index contributed by atoms with van der Waals surface area (Å²) < 4.78 is 0. The molecule has 0 fully saturated rings. The number of primary amides is 1. The van der Waals surface area contributed by atoms with E-state index in [9.17, 15) is 9.59 Å². The van der Waals surface area contributed by atoms with Gasteiger partial charge in [0.2, 0.25) is 5.91 Å². The molecule has 3 aromatic rings. The fourth-order valence-corrected chi connectivity index (χ4v) is 2.96. The predicted octanol–water partition coefficient (Wildman–Crippen LogP) is 2.84. The van der Waals surface area contributed by atoms with Crippen molar-refractivity contribution in [1.82, 2.24) is 10.3 Å². The Morgan fingerprint density at radius 3 is 2.42 bits per heavy atom. The molecule has 2 aromatic carbocycles. The standard InChI is InChI=1S/C18H15N3O2S/c19-16(22)13-8-6-12(7-9-13)10-20-17(23)15-11-24-18(21-15)14-4-2-1-3-5-14/h1-9,11H,10H2,(H2,19,22)(H,20,23). The number of nitrogens with zero attached hydrogens (tertiary/aromatic N) is 1. The topological polar surface area (TPSA) is 85.1 Å². The first-order valence-electron chi connectivity index (χ1n) is 7.31. The highest BCUT2D eigenvalue weighted by Crippen LogP contribution is 2.23. The monoisotopic (exact) mass is 337 g/mol. The van der Waals surface area contributed by atoms with Gasteiger partial charge < -0.3 is 11.1 Å². The van der Waals surface area contributed by atoms with Crippen molar-refractivity contribution in [3.05, 3.63) is 76.8 Å². The number of thiazole rings is 1. The maximum atomic E-state index is 12.2. The lowest BCUT2D eigenvalue weighted by atomic mass is 10.1. The third-order valence-corrected chi connectivity index (χ3v) is 4.34. The zero-order valence-corrected chi connectivity index (χ0v) is 13.5. The molecule has 0 atom stereocenters. The summed E-state index contributed by atoms with van der Waals surface area (Å²) in [7, 11) is 0. The van der Waals surface area contributed by atoms with E-state index in [-0.39, 0.29) is 5.91 Å². The Hall–Kier alpha value is -2.99. The van der Waals surface area contributed by atoms with Gasteiger partial charge in [0.15, 0.2) is 0 Å². The summed E-state index contributed by atoms with van der Waals surface area (Å²) in [5.41, 5.74) is 7.90. The average Bonchev–Trinajstić information content (AvgIpc) is 3.11. The third-order valence-electron chi connectivity index (χ3n) is 3.45. The summed E-state index contributed by atoms with van der Waals surface area (Å²) in [5, 5.41) is 5.37. The van der Waals surface area contributed by atoms with Gasteiger partial charge in [0, 0.05) is 23.1 Å². The fraction of sp³-hybridized carbons (Fsp3) is 0.0556. The van der Waals surface area contributed by atoms with Crippen LogP contribution in [-0.2, 0) is 6.54 Å². The molecule has 6 heteroatoms. The second-order valence-electron chi connectivity index (χ2n) is 5.15. The Labute approximate surface area is 143 Å². The molecule has 24 heavy (non-hydrogen) atoms. The molecule has 5 nitrogen and oxygen atoms in total. The van der Waals surface area contributed by atoms with Gasteiger partial charge in [-0.25, -0.2) is 4.98 Å². The van der Waals surface area contributed by atoms with Crippen LogP contribution in [0.3, 0.4) is 0 Å². The molecule has 0 aliphatic rings. The molecule has 0 aliphatic carbocycles. The molecule has 2 amide bonds. The van der Waals surface area contributed by atoms with Crippen LogP contribution in [0.5, 0.6) is 0 Å². The van der Waals surface area contributed by atoms with Crippen molar-refractivity contribution in [2.45, 2.75) is 6.54 Å². The number of nitrogens with one attached hydrogen (secondary N) is 1. The molecular formula is C18H15N3O2S. The van der Waals surface area contributed by atoms with Crippen molar-refractivity contribution in [2.24, 2.45) is 5.73 Å². The molecule has 3 rings (SSSR count). The molecule has 0 bridgehead atoms. The molecule has 0 spiro atoms. The van der Waals surface area contributed by atoms with E-state index >= 15 is 0 Å². The fourth-order valence-electron chi connectivity index (χ4n) is 2.15. The zero-order valence-electron chi connectivity index (χ0n) is 12.7. The molecule has 0 unspecified atom stereocenters. The van der Waals surface area contributed by atoms with Crippen molar-refractivity contribution < 1.29 is 9.59 Å². The van der Waals surface area contributed by atoms with Crippen molar-refractivity contribution in [3.63, 3.8) is 0 Å². The van der Waals surface area contributed by atoms with E-state index < -0.39 is 5.91 Å². The molecule has 1 heterocycles. The van der Waals surface area contributed by atoms with Gasteiger partial charge in [0.25, 0.3) is 5.91 Å². The second kappa shape index (κ2) is 7.06. The average molecular weight is 337 g/mol. The number of amides is 2. The lowest BCUT2D eigenvalue weighted by Crippen LogP contribution is -2.23. The lowest BCUT2D eigenvalue weighted by molar-refractivity contribution is 0.0945. The summed E-state index contributed by atoms with van der Waals surface area (Å²) in [6.07, 6.45) is 0. The van der Waals surface area contributed by atoms with E-state index in [1.54, 1.807) is 29.6 Å². The summed E-state index contributed by atoms with van der Waals surface area (Å²) in [6.45, 7) is 0.357. The normalized spacial score (nSPS) is 10.3. The van der Waals surface area contributed by atoms with Crippen LogP contribution in [0, 0.1) is 0 Å². The Morgan fingerprint density at radius 2 is 1.75 bits per heavy atom. The van der Waals surface area contributed by atoms with Crippen LogP contribution < -0.4 is 11.1 Å². The van der Waals surface area contributed by atoms with Gasteiger partial charge in [-0.2, -0.15) is 0 Å². The number of rotatable bonds is 5. The Balaban J connectivity index is 1.63. The quantitative estimate of drug-likeness (QED) is 0.751. The first-order valence-corrected chi connectivity index (χ1v) is 8.19. The highest BCUT2D eigenvalue weighted by molar-refractivity contribution is 7.13. The van der Waals surface area contributed by atoms with Crippen LogP contribution in [-0.4, -0.2) is 16.8 Å². The predicted molar refractivity (Wildman–Crippen MR) is 93.7 cm³/mol. The lowest BCUT2D eigenvalue weighted by Gasteiger charge is -2.04. The van der Waals surface area contributed by atoms with Crippen LogP contribution in [0.1, 0.15) is 26.4 Å². The third kappa shape index (κ3) is 3.67. The van der Waals surface area contributed by atoms with Crippen LogP contribution in [0.2, 0.25) is 0 Å². The molecule has 0 aliphatic heterocycles. The summed E-state index contributed by atoms with van der Waals surface area (Å²) in [4.78, 5) is 27.6. The van der Waals surface area contributed by atoms with E-state index in [0.717, 1.165) is 16.1 Å². The zero-order chi connectivity index (χ0) is 16.9. The van der Waals surface area contributed by atoms with Crippen LogP contribution >= 0.6 is 11.3 Å². The van der Waals surface area contributed by atoms with Crippen molar-refractivity contribution in [3.8, 4) is 10.6 Å². The van der Waals surface area contributed by atoms with Gasteiger partial charge in [-0.15, -0.1) is 11.3 Å². The van der Waals surface area contributed by atoms with Gasteiger partial charge in [-0.05, 0) is 17.7 Å². The number of carbonyl (C=O) groups excluding carboxylic acids is 2. The number of aromatic nitrogens is 1. The largest absolute Gasteiger partial charge is 0.366 e. The van der Waals surface area contributed by atoms with Crippen molar-refractivity contribution in [1.29, 1.82) is 0 Å². The Bertz CT molecular complexity index is 857. The molecule has 0 saturated carbocycles. The summed E-state index contributed by atoms with van der Waals surface area (Å²) in [6, 6.07) is 16.5. The first-order chi connectivity index (χ1) is 11.6. The highest BCUT2D eigenvalue weighted by atomic mass is 32.1. The van der Waals surface area contributed by atoms with Gasteiger partial charge in [-0.1, -0.05) is 42.5 Å². The second-order valence-corrected chi connectivity index (χ2v) is 6.01. The number of hydrogen-bond acceptors (Lipinski definition) is 4. The van der Waals surface area contributed by atoms with Crippen molar-refractivity contribution in [2.75, 3.05) is 0 Å². The number of nitrogens with two attached hydrogens (primary N) is 1. The Kier molecular flexibility index (Phi) is 4.67. The summed E-state index contributed by atoms with van der Waals surface area (Å²) in [5.74, 6) is -0.700. The van der Waals surface area contributed by atoms with E-state index in [1.807, 2.05) is 30.3 Å². The Morgan fingerprint density at radius 1 is 1.04 bits per heavy atom. The minimum absolute atomic E-state index is 0.229. The molecule has 3 N–H and O–H groups in total. The number of benzene rings is 2. The maximum Gasteiger partial charge on any atom is 0.271 e. The minimum Gasteiger partial charge on any atom is -0.366 e. The van der Waals surface area contributed by atoms with Crippen molar-refractivity contribution >= 4 is 23.2 Å². The summed E-state index contributed by atoms with van der Waals surface area (Å²) >= 11 is 1.43.